The molecule has 0 radical (unpaired) electrons. The maximum atomic E-state index is 12.4. The lowest BCUT2D eigenvalue weighted by Crippen LogP contribution is -2.15. The molecule has 8 heteroatoms. The van der Waals surface area contributed by atoms with Crippen molar-refractivity contribution in [2.45, 2.75) is 11.8 Å². The van der Waals surface area contributed by atoms with Crippen molar-refractivity contribution in [2.24, 2.45) is 0 Å². The standard InChI is InChI=1S/C13H12BrNO4S2/c1-8-7-9(3-4-10(8)14)21(17,18)15-11-5-6-20-12(11)13(16)19-2/h3-7,15H,1-2H3. The molecule has 0 saturated carbocycles. The van der Waals surface area contributed by atoms with Crippen LogP contribution in [0, 0.1) is 6.92 Å². The Morgan fingerprint density at radius 1 is 1.33 bits per heavy atom. The smallest absolute Gasteiger partial charge is 0.350 e. The van der Waals surface area contributed by atoms with Crippen molar-refractivity contribution in [3.8, 4) is 0 Å². The summed E-state index contributed by atoms with van der Waals surface area (Å²) in [4.78, 5) is 11.9. The molecule has 1 aromatic heterocycles. The van der Waals surface area contributed by atoms with E-state index < -0.39 is 16.0 Å². The van der Waals surface area contributed by atoms with E-state index >= 15 is 0 Å². The highest BCUT2D eigenvalue weighted by molar-refractivity contribution is 9.10. The number of thiophene rings is 1. The molecule has 0 saturated heterocycles. The Kier molecular flexibility index (Phi) is 4.70. The number of methoxy groups -OCH3 is 1. The van der Waals surface area contributed by atoms with Crippen LogP contribution in [-0.4, -0.2) is 21.5 Å². The first-order valence-corrected chi connectivity index (χ1v) is 8.95. The minimum atomic E-state index is -3.76. The van der Waals surface area contributed by atoms with E-state index in [1.165, 1.54) is 19.2 Å². The van der Waals surface area contributed by atoms with Crippen molar-refractivity contribution in [1.82, 2.24) is 0 Å². The molecule has 112 valence electrons. The quantitative estimate of drug-likeness (QED) is 0.813. The number of carbonyl (C=O) groups is 1. The van der Waals surface area contributed by atoms with Gasteiger partial charge in [0.05, 0.1) is 17.7 Å². The van der Waals surface area contributed by atoms with Gasteiger partial charge in [0.2, 0.25) is 0 Å². The summed E-state index contributed by atoms with van der Waals surface area (Å²) in [6, 6.07) is 6.24. The number of ether oxygens (including phenoxy) is 1. The van der Waals surface area contributed by atoms with Crippen LogP contribution < -0.4 is 4.72 Å². The summed E-state index contributed by atoms with van der Waals surface area (Å²) in [6.45, 7) is 1.80. The van der Waals surface area contributed by atoms with Crippen molar-refractivity contribution in [3.63, 3.8) is 0 Å². The second kappa shape index (κ2) is 6.17. The van der Waals surface area contributed by atoms with Crippen LogP contribution in [0.2, 0.25) is 0 Å². The van der Waals surface area contributed by atoms with E-state index in [2.05, 4.69) is 25.4 Å². The van der Waals surface area contributed by atoms with Crippen molar-refractivity contribution in [1.29, 1.82) is 0 Å². The topological polar surface area (TPSA) is 72.5 Å². The van der Waals surface area contributed by atoms with Gasteiger partial charge < -0.3 is 4.74 Å². The average Bonchev–Trinajstić information content (AvgIpc) is 2.88. The Balaban J connectivity index is 2.36. The van der Waals surface area contributed by atoms with Gasteiger partial charge in [-0.15, -0.1) is 11.3 Å². The second-order valence-corrected chi connectivity index (χ2v) is 7.62. The molecule has 0 fully saturated rings. The minimum absolute atomic E-state index is 0.130. The maximum absolute atomic E-state index is 12.4. The molecule has 0 aliphatic heterocycles. The van der Waals surface area contributed by atoms with Gasteiger partial charge >= 0.3 is 5.97 Å². The lowest BCUT2D eigenvalue weighted by molar-refractivity contribution is 0.0607. The fourth-order valence-electron chi connectivity index (χ4n) is 1.63. The molecular formula is C13H12BrNO4S2. The van der Waals surface area contributed by atoms with Gasteiger partial charge in [-0.1, -0.05) is 15.9 Å². The van der Waals surface area contributed by atoms with Gasteiger partial charge in [-0.25, -0.2) is 13.2 Å². The zero-order chi connectivity index (χ0) is 15.6. The van der Waals surface area contributed by atoms with Gasteiger partial charge in [0.25, 0.3) is 10.0 Å². The largest absolute Gasteiger partial charge is 0.465 e. The monoisotopic (exact) mass is 389 g/mol. The first kappa shape index (κ1) is 16.0. The molecule has 0 atom stereocenters. The van der Waals surface area contributed by atoms with E-state index in [9.17, 15) is 13.2 Å². The van der Waals surface area contributed by atoms with Crippen molar-refractivity contribution < 1.29 is 17.9 Å². The Bertz CT molecular complexity index is 783. The zero-order valence-corrected chi connectivity index (χ0v) is 14.4. The Morgan fingerprint density at radius 2 is 2.05 bits per heavy atom. The van der Waals surface area contributed by atoms with Crippen LogP contribution >= 0.6 is 27.3 Å². The first-order valence-electron chi connectivity index (χ1n) is 5.80. The van der Waals surface area contributed by atoms with Gasteiger partial charge in [0.15, 0.2) is 0 Å². The highest BCUT2D eigenvalue weighted by atomic mass is 79.9. The third-order valence-corrected chi connectivity index (χ3v) is 5.87. The van der Waals surface area contributed by atoms with Crippen LogP contribution in [0.3, 0.4) is 0 Å². The molecule has 2 rings (SSSR count). The number of nitrogens with one attached hydrogen (secondary N) is 1. The summed E-state index contributed by atoms with van der Waals surface area (Å²) in [5, 5.41) is 1.62. The van der Waals surface area contributed by atoms with E-state index in [-0.39, 0.29) is 15.5 Å². The van der Waals surface area contributed by atoms with E-state index in [4.69, 9.17) is 0 Å². The van der Waals surface area contributed by atoms with Crippen LogP contribution in [0.15, 0.2) is 39.0 Å². The van der Waals surface area contributed by atoms with Crippen LogP contribution in [0.4, 0.5) is 5.69 Å². The molecule has 0 bridgehead atoms. The molecule has 0 aliphatic carbocycles. The fraction of sp³-hybridized carbons (Fsp3) is 0.154. The first-order chi connectivity index (χ1) is 9.85. The Hall–Kier alpha value is -1.38. The van der Waals surface area contributed by atoms with Gasteiger partial charge in [-0.3, -0.25) is 4.72 Å². The maximum Gasteiger partial charge on any atom is 0.350 e. The van der Waals surface area contributed by atoms with Crippen molar-refractivity contribution in [3.05, 3.63) is 44.6 Å². The van der Waals surface area contributed by atoms with E-state index in [0.29, 0.717) is 0 Å². The number of hydrogen-bond acceptors (Lipinski definition) is 5. The van der Waals surface area contributed by atoms with Crippen LogP contribution in [0.25, 0.3) is 0 Å². The number of anilines is 1. The number of esters is 1. The summed E-state index contributed by atoms with van der Waals surface area (Å²) < 4.78 is 32.6. The van der Waals surface area contributed by atoms with E-state index in [1.54, 1.807) is 24.4 Å². The molecule has 0 spiro atoms. The molecule has 21 heavy (non-hydrogen) atoms. The molecule has 2 aromatic rings. The highest BCUT2D eigenvalue weighted by Gasteiger charge is 2.20. The van der Waals surface area contributed by atoms with Gasteiger partial charge in [0.1, 0.15) is 4.88 Å². The summed E-state index contributed by atoms with van der Waals surface area (Å²) in [7, 11) is -2.51. The van der Waals surface area contributed by atoms with Crippen LogP contribution in [0.5, 0.6) is 0 Å². The van der Waals surface area contributed by atoms with E-state index in [0.717, 1.165) is 21.4 Å². The number of halogens is 1. The van der Waals surface area contributed by atoms with Crippen molar-refractivity contribution in [2.75, 3.05) is 11.8 Å². The van der Waals surface area contributed by atoms with E-state index in [1.807, 2.05) is 0 Å². The van der Waals surface area contributed by atoms with Crippen molar-refractivity contribution >= 4 is 48.9 Å². The number of aryl methyl sites for hydroxylation is 1. The Morgan fingerprint density at radius 3 is 2.67 bits per heavy atom. The summed E-state index contributed by atoms with van der Waals surface area (Å²) >= 11 is 4.44. The Labute approximate surface area is 135 Å². The SMILES string of the molecule is COC(=O)c1sccc1NS(=O)(=O)c1ccc(Br)c(C)c1. The van der Waals surface area contributed by atoms with Crippen LogP contribution in [0.1, 0.15) is 15.2 Å². The predicted octanol–water partition coefficient (Wildman–Crippen LogP) is 3.41. The van der Waals surface area contributed by atoms with Gasteiger partial charge in [-0.05, 0) is 42.1 Å². The molecule has 0 amide bonds. The zero-order valence-electron chi connectivity index (χ0n) is 11.2. The third-order valence-electron chi connectivity index (χ3n) is 2.72. The summed E-state index contributed by atoms with van der Waals surface area (Å²) in [5.41, 5.74) is 1.02. The fourth-order valence-corrected chi connectivity index (χ4v) is 3.86. The van der Waals surface area contributed by atoms with Gasteiger partial charge in [0, 0.05) is 4.47 Å². The molecule has 1 N–H and O–H groups in total. The summed E-state index contributed by atoms with van der Waals surface area (Å²) in [5.74, 6) is -0.574. The lowest BCUT2D eigenvalue weighted by Gasteiger charge is -2.09. The molecule has 0 unspecified atom stereocenters. The predicted molar refractivity (Wildman–Crippen MR) is 85.3 cm³/mol. The number of benzene rings is 1. The number of carbonyl (C=O) groups excluding carboxylic acids is 1. The highest BCUT2D eigenvalue weighted by Crippen LogP contribution is 2.27. The number of sulfonamides is 1. The minimum Gasteiger partial charge on any atom is -0.465 e. The normalized spacial score (nSPS) is 11.2. The third kappa shape index (κ3) is 3.45. The summed E-state index contributed by atoms with van der Waals surface area (Å²) in [6.07, 6.45) is 0. The molecule has 1 heterocycles. The van der Waals surface area contributed by atoms with Crippen LogP contribution in [-0.2, 0) is 14.8 Å². The molecule has 0 aliphatic rings. The number of rotatable bonds is 4. The lowest BCUT2D eigenvalue weighted by atomic mass is 10.2. The molecule has 1 aromatic carbocycles. The number of hydrogen-bond donors (Lipinski definition) is 1. The average molecular weight is 390 g/mol. The molecule has 5 nitrogen and oxygen atoms in total. The second-order valence-electron chi connectivity index (χ2n) is 4.17. The van der Waals surface area contributed by atoms with Gasteiger partial charge in [-0.2, -0.15) is 0 Å². The molecular weight excluding hydrogens is 378 g/mol.